The maximum atomic E-state index is 10.5. The molecular weight excluding hydrogens is 262 g/mol. The molecule has 100 valence electrons. The summed E-state index contributed by atoms with van der Waals surface area (Å²) in [5.41, 5.74) is 1.16. The van der Waals surface area contributed by atoms with Gasteiger partial charge in [-0.3, -0.25) is 10.1 Å². The Morgan fingerprint density at radius 1 is 1.32 bits per heavy atom. The van der Waals surface area contributed by atoms with Gasteiger partial charge in [0.25, 0.3) is 5.69 Å². The molecule has 0 amide bonds. The Morgan fingerprint density at radius 3 is 2.63 bits per heavy atom. The topological polar surface area (TPSA) is 68.1 Å². The van der Waals surface area contributed by atoms with Crippen LogP contribution in [0.25, 0.3) is 0 Å². The highest BCUT2D eigenvalue weighted by atomic mass is 32.1. The number of nitrogens with one attached hydrogen (secondary N) is 1. The van der Waals surface area contributed by atoms with Gasteiger partial charge in [-0.15, -0.1) is 11.3 Å². The van der Waals surface area contributed by atoms with E-state index in [0.717, 1.165) is 23.5 Å². The summed E-state index contributed by atoms with van der Waals surface area (Å²) in [5.74, 6) is 0. The van der Waals surface area contributed by atoms with E-state index in [-0.39, 0.29) is 10.6 Å². The number of aromatic nitrogens is 1. The van der Waals surface area contributed by atoms with Gasteiger partial charge in [-0.05, 0) is 12.0 Å². The van der Waals surface area contributed by atoms with Crippen LogP contribution < -0.4 is 5.32 Å². The van der Waals surface area contributed by atoms with Crippen molar-refractivity contribution in [2.75, 3.05) is 0 Å². The molecule has 6 heteroatoms. The highest BCUT2D eigenvalue weighted by molar-refractivity contribution is 7.11. The number of non-ortho nitro benzene ring substituents is 1. The van der Waals surface area contributed by atoms with Crippen molar-refractivity contribution in [3.63, 3.8) is 0 Å². The van der Waals surface area contributed by atoms with Gasteiger partial charge in [0.2, 0.25) is 0 Å². The molecule has 2 rings (SSSR count). The predicted molar refractivity (Wildman–Crippen MR) is 75.1 cm³/mol. The molecule has 0 spiro atoms. The van der Waals surface area contributed by atoms with Crippen molar-refractivity contribution in [1.29, 1.82) is 0 Å². The second-order valence-corrected chi connectivity index (χ2v) is 5.30. The van der Waals surface area contributed by atoms with Gasteiger partial charge in [0.05, 0.1) is 9.93 Å². The molecule has 0 unspecified atom stereocenters. The Kier molecular flexibility index (Phi) is 4.59. The van der Waals surface area contributed by atoms with Gasteiger partial charge in [-0.1, -0.05) is 19.1 Å². The first-order valence-electron chi connectivity index (χ1n) is 6.06. The second-order valence-electron chi connectivity index (χ2n) is 4.10. The molecule has 0 radical (unpaired) electrons. The van der Waals surface area contributed by atoms with E-state index in [1.54, 1.807) is 23.5 Å². The first kappa shape index (κ1) is 13.6. The van der Waals surface area contributed by atoms with E-state index in [1.165, 1.54) is 17.0 Å². The zero-order valence-corrected chi connectivity index (χ0v) is 11.4. The highest BCUT2D eigenvalue weighted by Gasteiger charge is 2.04. The molecule has 1 aromatic heterocycles. The number of aryl methyl sites for hydroxylation is 1. The minimum Gasteiger partial charge on any atom is -0.308 e. The van der Waals surface area contributed by atoms with Crippen molar-refractivity contribution in [3.8, 4) is 0 Å². The summed E-state index contributed by atoms with van der Waals surface area (Å²) >= 11 is 1.71. The average Bonchev–Trinajstić information content (AvgIpc) is 2.87. The summed E-state index contributed by atoms with van der Waals surface area (Å²) in [5, 5.41) is 15.0. The zero-order chi connectivity index (χ0) is 13.7. The quantitative estimate of drug-likeness (QED) is 0.651. The SMILES string of the molecule is CCc1ncc(CNCc2ccc([N+](=O)[O-])cc2)s1. The Labute approximate surface area is 115 Å². The molecule has 1 aromatic carbocycles. The van der Waals surface area contributed by atoms with E-state index in [4.69, 9.17) is 0 Å². The second kappa shape index (κ2) is 6.40. The lowest BCUT2D eigenvalue weighted by atomic mass is 10.2. The highest BCUT2D eigenvalue weighted by Crippen LogP contribution is 2.14. The van der Waals surface area contributed by atoms with Gasteiger partial charge in [-0.25, -0.2) is 4.98 Å². The fourth-order valence-electron chi connectivity index (χ4n) is 1.66. The molecule has 1 N–H and O–H groups in total. The summed E-state index contributed by atoms with van der Waals surface area (Å²) in [4.78, 5) is 15.6. The molecule has 1 heterocycles. The zero-order valence-electron chi connectivity index (χ0n) is 10.6. The van der Waals surface area contributed by atoms with E-state index < -0.39 is 0 Å². The van der Waals surface area contributed by atoms with Gasteiger partial charge < -0.3 is 5.32 Å². The monoisotopic (exact) mass is 277 g/mol. The third kappa shape index (κ3) is 3.84. The molecule has 19 heavy (non-hydrogen) atoms. The van der Waals surface area contributed by atoms with Crippen LogP contribution >= 0.6 is 11.3 Å². The first-order valence-corrected chi connectivity index (χ1v) is 6.88. The smallest absolute Gasteiger partial charge is 0.269 e. The van der Waals surface area contributed by atoms with Crippen molar-refractivity contribution >= 4 is 17.0 Å². The summed E-state index contributed by atoms with van der Waals surface area (Å²) in [7, 11) is 0. The molecule has 0 saturated heterocycles. The molecular formula is C13H15N3O2S. The van der Waals surface area contributed by atoms with Gasteiger partial charge in [0.1, 0.15) is 0 Å². The van der Waals surface area contributed by atoms with Gasteiger partial charge >= 0.3 is 0 Å². The lowest BCUT2D eigenvalue weighted by Gasteiger charge is -2.02. The maximum absolute atomic E-state index is 10.5. The molecule has 0 atom stereocenters. The Balaban J connectivity index is 1.83. The number of nitro benzene ring substituents is 1. The van der Waals surface area contributed by atoms with E-state index in [2.05, 4.69) is 17.2 Å². The van der Waals surface area contributed by atoms with Crippen molar-refractivity contribution in [3.05, 3.63) is 56.0 Å². The largest absolute Gasteiger partial charge is 0.308 e. The molecule has 0 aliphatic heterocycles. The van der Waals surface area contributed by atoms with Crippen LogP contribution in [0.3, 0.4) is 0 Å². The predicted octanol–water partition coefficient (Wildman–Crippen LogP) is 2.90. The maximum Gasteiger partial charge on any atom is 0.269 e. The Morgan fingerprint density at radius 2 is 2.05 bits per heavy atom. The molecule has 0 bridgehead atoms. The standard InChI is InChI=1S/C13H15N3O2S/c1-2-13-15-9-12(19-13)8-14-7-10-3-5-11(6-4-10)16(17)18/h3-6,9,14H,2,7-8H2,1H3. The van der Waals surface area contributed by atoms with Crippen LogP contribution in [0.15, 0.2) is 30.5 Å². The van der Waals surface area contributed by atoms with Crippen molar-refractivity contribution in [1.82, 2.24) is 10.3 Å². The third-order valence-corrected chi connectivity index (χ3v) is 3.82. The van der Waals surface area contributed by atoms with Crippen LogP contribution in [0.4, 0.5) is 5.69 Å². The van der Waals surface area contributed by atoms with E-state index in [0.29, 0.717) is 6.54 Å². The van der Waals surface area contributed by atoms with Crippen LogP contribution in [0, 0.1) is 10.1 Å². The van der Waals surface area contributed by atoms with Crippen LogP contribution in [-0.2, 0) is 19.5 Å². The minimum atomic E-state index is -0.388. The molecule has 0 saturated carbocycles. The Hall–Kier alpha value is -1.79. The summed E-state index contributed by atoms with van der Waals surface area (Å²) in [6, 6.07) is 6.60. The molecule has 2 aromatic rings. The molecule has 0 aliphatic rings. The van der Waals surface area contributed by atoms with E-state index in [1.807, 2.05) is 6.20 Å². The normalized spacial score (nSPS) is 10.6. The first-order chi connectivity index (χ1) is 9.19. The fourth-order valence-corrected chi connectivity index (χ4v) is 2.49. The van der Waals surface area contributed by atoms with Crippen LogP contribution in [0.2, 0.25) is 0 Å². The number of thiazole rings is 1. The molecule has 0 fully saturated rings. The summed E-state index contributed by atoms with van der Waals surface area (Å²) in [6.45, 7) is 3.55. The average molecular weight is 277 g/mol. The van der Waals surface area contributed by atoms with Gasteiger partial charge in [0.15, 0.2) is 0 Å². The molecule has 5 nitrogen and oxygen atoms in total. The molecule has 0 aliphatic carbocycles. The number of nitrogens with zero attached hydrogens (tertiary/aromatic N) is 2. The number of benzene rings is 1. The fraction of sp³-hybridized carbons (Fsp3) is 0.308. The Bertz CT molecular complexity index is 551. The summed E-state index contributed by atoms with van der Waals surface area (Å²) < 4.78 is 0. The lowest BCUT2D eigenvalue weighted by molar-refractivity contribution is -0.384. The lowest BCUT2D eigenvalue weighted by Crippen LogP contribution is -2.11. The number of hydrogen-bond acceptors (Lipinski definition) is 5. The van der Waals surface area contributed by atoms with E-state index >= 15 is 0 Å². The van der Waals surface area contributed by atoms with Gasteiger partial charge in [-0.2, -0.15) is 0 Å². The summed E-state index contributed by atoms with van der Waals surface area (Å²) in [6.07, 6.45) is 2.86. The number of nitro groups is 1. The third-order valence-electron chi connectivity index (χ3n) is 2.68. The number of rotatable bonds is 6. The van der Waals surface area contributed by atoms with Crippen LogP contribution in [0.1, 0.15) is 22.4 Å². The minimum absolute atomic E-state index is 0.124. The van der Waals surface area contributed by atoms with Crippen molar-refractivity contribution in [2.45, 2.75) is 26.4 Å². The van der Waals surface area contributed by atoms with Crippen LogP contribution in [0.5, 0.6) is 0 Å². The number of hydrogen-bond donors (Lipinski definition) is 1. The van der Waals surface area contributed by atoms with Crippen molar-refractivity contribution in [2.24, 2.45) is 0 Å². The van der Waals surface area contributed by atoms with E-state index in [9.17, 15) is 10.1 Å². The van der Waals surface area contributed by atoms with Crippen LogP contribution in [-0.4, -0.2) is 9.91 Å². The van der Waals surface area contributed by atoms with Crippen molar-refractivity contribution < 1.29 is 4.92 Å². The van der Waals surface area contributed by atoms with Gasteiger partial charge in [0, 0.05) is 36.3 Å².